The van der Waals surface area contributed by atoms with Crippen LogP contribution in [0, 0.1) is 5.39 Å². The summed E-state index contributed by atoms with van der Waals surface area (Å²) >= 11 is 0. The molecule has 0 amide bonds. The minimum Gasteiger partial charge on any atom is -1.00 e. The predicted molar refractivity (Wildman–Crippen MR) is 95.0 cm³/mol. The van der Waals surface area contributed by atoms with Crippen LogP contribution in [0.25, 0.3) is 4.98 Å². The minimum atomic E-state index is 0. The first-order valence-electron chi connectivity index (χ1n) is 8.91. The largest absolute Gasteiger partial charge is 1.00 e. The smallest absolute Gasteiger partial charge is 0.430 e. The molecule has 0 N–H and O–H groups in total. The summed E-state index contributed by atoms with van der Waals surface area (Å²) in [6.07, 6.45) is 4.08. The molecule has 25 heavy (non-hydrogen) atoms. The molecule has 1 aliphatic rings. The first kappa shape index (κ1) is 21.3. The fraction of sp³-hybridized carbons (Fsp3) is 0.667. The van der Waals surface area contributed by atoms with Crippen molar-refractivity contribution in [3.05, 3.63) is 17.1 Å². The zero-order valence-electron chi connectivity index (χ0n) is 15.2. The van der Waals surface area contributed by atoms with Crippen LogP contribution in [0.4, 0.5) is 11.4 Å². The van der Waals surface area contributed by atoms with Crippen LogP contribution in [0.2, 0.25) is 0 Å². The number of ether oxygens (including phenoxy) is 3. The van der Waals surface area contributed by atoms with E-state index in [1.165, 1.54) is 0 Å². The van der Waals surface area contributed by atoms with E-state index in [0.717, 1.165) is 50.2 Å². The second-order valence-electron chi connectivity index (χ2n) is 5.89. The molecular formula is C18H28ClN3O3. The third-order valence-electron chi connectivity index (χ3n) is 4.01. The third-order valence-corrected chi connectivity index (χ3v) is 4.01. The fourth-order valence-electron chi connectivity index (χ4n) is 2.55. The molecule has 0 bridgehead atoms. The summed E-state index contributed by atoms with van der Waals surface area (Å²) in [4.78, 5) is 5.61. The SMILES string of the molecule is CCCCOc1cc(N2CCOCC2)c(OCCCC)cc1[N+]#N.[Cl-]. The second kappa shape index (κ2) is 11.8. The number of rotatable bonds is 9. The summed E-state index contributed by atoms with van der Waals surface area (Å²) in [6, 6.07) is 3.69. The topological polar surface area (TPSA) is 59.1 Å². The lowest BCUT2D eigenvalue weighted by atomic mass is 10.2. The van der Waals surface area contributed by atoms with Gasteiger partial charge in [-0.25, -0.2) is 0 Å². The summed E-state index contributed by atoms with van der Waals surface area (Å²) < 4.78 is 17.2. The average Bonchev–Trinajstić information content (AvgIpc) is 2.63. The maximum absolute atomic E-state index is 9.33. The number of diazo groups is 1. The molecule has 1 aliphatic heterocycles. The van der Waals surface area contributed by atoms with Crippen molar-refractivity contribution in [2.45, 2.75) is 39.5 Å². The first-order valence-corrected chi connectivity index (χ1v) is 8.91. The predicted octanol–water partition coefficient (Wildman–Crippen LogP) is 1.37. The van der Waals surface area contributed by atoms with Crippen LogP contribution >= 0.6 is 0 Å². The van der Waals surface area contributed by atoms with Crippen LogP contribution in [0.3, 0.4) is 0 Å². The maximum Gasteiger partial charge on any atom is 0.430 e. The third kappa shape index (κ3) is 6.26. The zero-order chi connectivity index (χ0) is 17.2. The Balaban J connectivity index is 0.00000312. The minimum absolute atomic E-state index is 0. The van der Waals surface area contributed by atoms with E-state index < -0.39 is 0 Å². The molecule has 0 aromatic heterocycles. The standard InChI is InChI=1S/C18H28N3O3.ClH/c1-3-5-9-23-17-14-16(21-7-11-22-12-8-21)18(13-15(17)20-19)24-10-6-4-2;/h13-14H,3-12H2,1-2H3;1H/q+1;/p-1. The highest BCUT2D eigenvalue weighted by atomic mass is 35.5. The van der Waals surface area contributed by atoms with Crippen molar-refractivity contribution in [2.75, 3.05) is 44.4 Å². The normalized spacial score (nSPS) is 13.7. The molecule has 0 saturated carbocycles. The van der Waals surface area contributed by atoms with Crippen molar-refractivity contribution in [1.82, 2.24) is 0 Å². The van der Waals surface area contributed by atoms with E-state index in [0.29, 0.717) is 37.9 Å². The van der Waals surface area contributed by atoms with Gasteiger partial charge in [0, 0.05) is 19.2 Å². The Kier molecular flexibility index (Phi) is 10.0. The molecule has 1 saturated heterocycles. The zero-order valence-corrected chi connectivity index (χ0v) is 15.9. The van der Waals surface area contributed by atoms with E-state index in [2.05, 4.69) is 23.7 Å². The van der Waals surface area contributed by atoms with Crippen molar-refractivity contribution < 1.29 is 26.6 Å². The quantitative estimate of drug-likeness (QED) is 0.486. The van der Waals surface area contributed by atoms with E-state index in [1.807, 2.05) is 6.07 Å². The van der Waals surface area contributed by atoms with Crippen molar-refractivity contribution in [2.24, 2.45) is 0 Å². The summed E-state index contributed by atoms with van der Waals surface area (Å²) in [5, 5.41) is 9.33. The Labute approximate surface area is 156 Å². The Morgan fingerprint density at radius 1 is 1.04 bits per heavy atom. The molecule has 0 spiro atoms. The van der Waals surface area contributed by atoms with Gasteiger partial charge in [0.1, 0.15) is 0 Å². The second-order valence-corrected chi connectivity index (χ2v) is 5.89. The van der Waals surface area contributed by atoms with Crippen molar-refractivity contribution in [3.8, 4) is 11.5 Å². The first-order chi connectivity index (χ1) is 11.8. The highest BCUT2D eigenvalue weighted by Gasteiger charge is 2.24. The van der Waals surface area contributed by atoms with E-state index >= 15 is 0 Å². The van der Waals surface area contributed by atoms with Crippen LogP contribution < -0.4 is 26.8 Å². The van der Waals surface area contributed by atoms with Gasteiger partial charge in [-0.1, -0.05) is 26.7 Å². The van der Waals surface area contributed by atoms with Gasteiger partial charge in [-0.05, 0) is 12.8 Å². The molecule has 1 aromatic rings. The van der Waals surface area contributed by atoms with Gasteiger partial charge in [-0.15, -0.1) is 0 Å². The molecule has 2 rings (SSSR count). The number of unbranched alkanes of at least 4 members (excludes halogenated alkanes) is 2. The van der Waals surface area contributed by atoms with Gasteiger partial charge >= 0.3 is 5.69 Å². The molecule has 1 heterocycles. The van der Waals surface area contributed by atoms with Crippen LogP contribution in [-0.4, -0.2) is 39.5 Å². The highest BCUT2D eigenvalue weighted by molar-refractivity contribution is 5.72. The van der Waals surface area contributed by atoms with Gasteiger partial charge in [0.05, 0.1) is 38.2 Å². The monoisotopic (exact) mass is 369 g/mol. The number of hydrogen-bond acceptors (Lipinski definition) is 5. The summed E-state index contributed by atoms with van der Waals surface area (Å²) in [5.74, 6) is 1.33. The molecule has 140 valence electrons. The Morgan fingerprint density at radius 3 is 2.20 bits per heavy atom. The van der Waals surface area contributed by atoms with Gasteiger partial charge in [-0.3, -0.25) is 0 Å². The van der Waals surface area contributed by atoms with Crippen molar-refractivity contribution in [1.29, 1.82) is 5.39 Å². The molecule has 0 atom stereocenters. The molecule has 6 nitrogen and oxygen atoms in total. The fourth-order valence-corrected chi connectivity index (χ4v) is 2.55. The van der Waals surface area contributed by atoms with E-state index in [4.69, 9.17) is 14.2 Å². The number of morpholine rings is 1. The lowest BCUT2D eigenvalue weighted by Gasteiger charge is -2.30. The lowest BCUT2D eigenvalue weighted by molar-refractivity contribution is -0.00000701. The number of nitrogens with zero attached hydrogens (tertiary/aromatic N) is 3. The molecule has 0 radical (unpaired) electrons. The van der Waals surface area contributed by atoms with E-state index in [9.17, 15) is 5.39 Å². The molecule has 0 aliphatic carbocycles. The molecular weight excluding hydrogens is 342 g/mol. The average molecular weight is 370 g/mol. The van der Waals surface area contributed by atoms with Crippen molar-refractivity contribution in [3.63, 3.8) is 0 Å². The van der Waals surface area contributed by atoms with Crippen LogP contribution in [0.5, 0.6) is 11.5 Å². The van der Waals surface area contributed by atoms with Gasteiger partial charge in [-0.2, -0.15) is 0 Å². The van der Waals surface area contributed by atoms with E-state index in [1.54, 1.807) is 6.07 Å². The Bertz CT molecular complexity index is 557. The molecule has 1 fully saturated rings. The van der Waals surface area contributed by atoms with Gasteiger partial charge in [0.2, 0.25) is 11.1 Å². The van der Waals surface area contributed by atoms with Crippen LogP contribution in [0.1, 0.15) is 39.5 Å². The summed E-state index contributed by atoms with van der Waals surface area (Å²) in [6.45, 7) is 8.53. The number of hydrogen-bond donors (Lipinski definition) is 0. The number of anilines is 1. The highest BCUT2D eigenvalue weighted by Crippen LogP contribution is 2.40. The Morgan fingerprint density at radius 2 is 1.64 bits per heavy atom. The molecule has 1 aromatic carbocycles. The van der Waals surface area contributed by atoms with Crippen LogP contribution in [0.15, 0.2) is 12.1 Å². The van der Waals surface area contributed by atoms with Crippen LogP contribution in [-0.2, 0) is 4.74 Å². The molecule has 0 unspecified atom stereocenters. The van der Waals surface area contributed by atoms with Gasteiger partial charge < -0.3 is 31.5 Å². The van der Waals surface area contributed by atoms with Gasteiger partial charge in [0.15, 0.2) is 10.7 Å². The van der Waals surface area contributed by atoms with E-state index in [-0.39, 0.29) is 12.4 Å². The summed E-state index contributed by atoms with van der Waals surface area (Å²) in [7, 11) is 0. The number of benzene rings is 1. The lowest BCUT2D eigenvalue weighted by Crippen LogP contribution is -3.00. The summed E-state index contributed by atoms with van der Waals surface area (Å²) in [5.41, 5.74) is 1.39. The van der Waals surface area contributed by atoms with Gasteiger partial charge in [0.25, 0.3) is 0 Å². The van der Waals surface area contributed by atoms with Crippen molar-refractivity contribution >= 4 is 11.4 Å². The maximum atomic E-state index is 9.33. The number of halogens is 1. The Hall–Kier alpha value is -1.71. The molecule has 7 heteroatoms.